The molecule has 1 aliphatic carbocycles. The summed E-state index contributed by atoms with van der Waals surface area (Å²) in [6.07, 6.45) is 7.23. The predicted molar refractivity (Wildman–Crippen MR) is 88.3 cm³/mol. The van der Waals surface area contributed by atoms with E-state index in [2.05, 4.69) is 15.6 Å². The normalized spacial score (nSPS) is 19.1. The number of rotatable bonds is 4. The Morgan fingerprint density at radius 1 is 1.22 bits per heavy atom. The highest BCUT2D eigenvalue weighted by atomic mass is 16.2. The zero-order valence-electron chi connectivity index (χ0n) is 13.5. The van der Waals surface area contributed by atoms with E-state index >= 15 is 0 Å². The lowest BCUT2D eigenvalue weighted by atomic mass is 10.1. The number of urea groups is 1. The van der Waals surface area contributed by atoms with Crippen LogP contribution in [-0.2, 0) is 0 Å². The molecule has 124 valence electrons. The van der Waals surface area contributed by atoms with Crippen LogP contribution in [0.4, 0.5) is 10.5 Å². The number of pyridine rings is 1. The summed E-state index contributed by atoms with van der Waals surface area (Å²) >= 11 is 0. The highest BCUT2D eigenvalue weighted by molar-refractivity contribution is 5.93. The number of piperidine rings is 1. The lowest BCUT2D eigenvalue weighted by Gasteiger charge is -2.26. The van der Waals surface area contributed by atoms with E-state index in [4.69, 9.17) is 0 Å². The second-order valence-electron chi connectivity index (χ2n) is 6.51. The Morgan fingerprint density at radius 2 is 1.96 bits per heavy atom. The fourth-order valence-electron chi connectivity index (χ4n) is 2.94. The summed E-state index contributed by atoms with van der Waals surface area (Å²) < 4.78 is 0. The van der Waals surface area contributed by atoms with Crippen LogP contribution in [0.25, 0.3) is 0 Å². The minimum absolute atomic E-state index is 0.0249. The molecule has 1 saturated carbocycles. The van der Waals surface area contributed by atoms with Crippen molar-refractivity contribution in [3.05, 3.63) is 24.0 Å². The Labute approximate surface area is 136 Å². The average Bonchev–Trinajstić information content (AvgIpc) is 3.40. The molecule has 1 aromatic heterocycles. The fraction of sp³-hybridized carbons (Fsp3) is 0.588. The van der Waals surface area contributed by atoms with Crippen LogP contribution in [-0.4, -0.2) is 41.0 Å². The van der Waals surface area contributed by atoms with Gasteiger partial charge in [0, 0.05) is 19.1 Å². The summed E-state index contributed by atoms with van der Waals surface area (Å²) in [5.74, 6) is 0.589. The minimum atomic E-state index is -0.221. The molecule has 3 rings (SSSR count). The highest BCUT2D eigenvalue weighted by Gasteiger charge is 2.28. The zero-order valence-corrected chi connectivity index (χ0v) is 13.5. The van der Waals surface area contributed by atoms with Gasteiger partial charge in [-0.25, -0.2) is 9.78 Å². The van der Waals surface area contributed by atoms with Crippen molar-refractivity contribution < 1.29 is 9.59 Å². The molecule has 1 aliphatic heterocycles. The topological polar surface area (TPSA) is 74.3 Å². The van der Waals surface area contributed by atoms with Crippen LogP contribution < -0.4 is 10.6 Å². The molecule has 1 saturated heterocycles. The molecule has 3 amide bonds. The van der Waals surface area contributed by atoms with Crippen LogP contribution in [0.5, 0.6) is 0 Å². The maximum atomic E-state index is 12.3. The van der Waals surface area contributed by atoms with Crippen molar-refractivity contribution in [1.29, 1.82) is 0 Å². The maximum Gasteiger partial charge on any atom is 0.319 e. The Kier molecular flexibility index (Phi) is 4.79. The van der Waals surface area contributed by atoms with Crippen LogP contribution in [0.2, 0.25) is 0 Å². The number of aromatic nitrogens is 1. The van der Waals surface area contributed by atoms with Crippen LogP contribution in [0.1, 0.15) is 49.5 Å². The van der Waals surface area contributed by atoms with Gasteiger partial charge in [-0.2, -0.15) is 0 Å². The number of nitrogens with zero attached hydrogens (tertiary/aromatic N) is 2. The third kappa shape index (κ3) is 4.21. The predicted octanol–water partition coefficient (Wildman–Crippen LogP) is 2.63. The second-order valence-corrected chi connectivity index (χ2v) is 6.51. The molecule has 2 heterocycles. The molecule has 0 unspecified atom stereocenters. The standard InChI is InChI=1S/C17H24N4O2/c1-12(13-5-6-13)19-17(23)20-14-7-8-15(18-11-14)16(22)21-9-3-2-4-10-21/h7-8,11-13H,2-6,9-10H2,1H3,(H2,19,20,23)/t12-/m0/s1. The third-order valence-corrected chi connectivity index (χ3v) is 4.57. The number of amides is 3. The van der Waals surface area contributed by atoms with Gasteiger partial charge in [-0.15, -0.1) is 0 Å². The summed E-state index contributed by atoms with van der Waals surface area (Å²) in [5, 5.41) is 5.69. The average molecular weight is 316 g/mol. The lowest BCUT2D eigenvalue weighted by Crippen LogP contribution is -2.37. The molecule has 6 heteroatoms. The summed E-state index contributed by atoms with van der Waals surface area (Å²) in [7, 11) is 0. The van der Waals surface area contributed by atoms with E-state index in [1.54, 1.807) is 18.3 Å². The molecule has 1 atom stereocenters. The van der Waals surface area contributed by atoms with Crippen LogP contribution in [0, 0.1) is 5.92 Å². The molecule has 2 N–H and O–H groups in total. The zero-order chi connectivity index (χ0) is 16.2. The van der Waals surface area contributed by atoms with E-state index in [0.29, 0.717) is 17.3 Å². The minimum Gasteiger partial charge on any atom is -0.337 e. The van der Waals surface area contributed by atoms with Crippen molar-refractivity contribution in [2.75, 3.05) is 18.4 Å². The van der Waals surface area contributed by atoms with Crippen molar-refractivity contribution in [2.24, 2.45) is 5.92 Å². The number of nitrogens with one attached hydrogen (secondary N) is 2. The molecule has 6 nitrogen and oxygen atoms in total. The van der Waals surface area contributed by atoms with Crippen LogP contribution in [0.15, 0.2) is 18.3 Å². The van der Waals surface area contributed by atoms with Gasteiger partial charge in [0.25, 0.3) is 5.91 Å². The van der Waals surface area contributed by atoms with Gasteiger partial charge in [-0.3, -0.25) is 4.79 Å². The van der Waals surface area contributed by atoms with Gasteiger partial charge < -0.3 is 15.5 Å². The van der Waals surface area contributed by atoms with Crippen LogP contribution in [0.3, 0.4) is 0 Å². The smallest absolute Gasteiger partial charge is 0.319 e. The maximum absolute atomic E-state index is 12.3. The number of anilines is 1. The van der Waals surface area contributed by atoms with E-state index in [1.165, 1.54) is 19.3 Å². The van der Waals surface area contributed by atoms with E-state index < -0.39 is 0 Å². The molecule has 0 spiro atoms. The highest BCUT2D eigenvalue weighted by Crippen LogP contribution is 2.32. The molecule has 2 aliphatic rings. The van der Waals surface area contributed by atoms with Gasteiger partial charge in [0.1, 0.15) is 5.69 Å². The number of likely N-dealkylation sites (tertiary alicyclic amines) is 1. The van der Waals surface area contributed by atoms with E-state index in [-0.39, 0.29) is 18.0 Å². The molecular weight excluding hydrogens is 292 g/mol. The van der Waals surface area contributed by atoms with Gasteiger partial charge in [-0.05, 0) is 57.1 Å². The lowest BCUT2D eigenvalue weighted by molar-refractivity contribution is 0.0718. The van der Waals surface area contributed by atoms with Crippen LogP contribution >= 0.6 is 0 Å². The largest absolute Gasteiger partial charge is 0.337 e. The van der Waals surface area contributed by atoms with Crippen molar-refractivity contribution in [3.8, 4) is 0 Å². The van der Waals surface area contributed by atoms with E-state index in [9.17, 15) is 9.59 Å². The Hall–Kier alpha value is -2.11. The number of hydrogen-bond acceptors (Lipinski definition) is 3. The molecule has 1 aromatic rings. The first-order chi connectivity index (χ1) is 11.1. The number of carbonyl (C=O) groups is 2. The number of hydrogen-bond donors (Lipinski definition) is 2. The molecule has 0 radical (unpaired) electrons. The van der Waals surface area contributed by atoms with Gasteiger partial charge in [0.15, 0.2) is 0 Å². The molecular formula is C17H24N4O2. The summed E-state index contributed by atoms with van der Waals surface area (Å²) in [6, 6.07) is 3.38. The number of carbonyl (C=O) groups excluding carboxylic acids is 2. The van der Waals surface area contributed by atoms with Gasteiger partial charge >= 0.3 is 6.03 Å². The molecule has 2 fully saturated rings. The quantitative estimate of drug-likeness (QED) is 0.896. The Balaban J connectivity index is 1.53. The fourth-order valence-corrected chi connectivity index (χ4v) is 2.94. The van der Waals surface area contributed by atoms with Crippen molar-refractivity contribution in [1.82, 2.24) is 15.2 Å². The third-order valence-electron chi connectivity index (χ3n) is 4.57. The Morgan fingerprint density at radius 3 is 2.57 bits per heavy atom. The van der Waals surface area contributed by atoms with E-state index in [0.717, 1.165) is 25.9 Å². The first-order valence-electron chi connectivity index (χ1n) is 8.46. The van der Waals surface area contributed by atoms with E-state index in [1.807, 2.05) is 11.8 Å². The summed E-state index contributed by atoms with van der Waals surface area (Å²) in [6.45, 7) is 3.64. The monoisotopic (exact) mass is 316 g/mol. The molecule has 0 aromatic carbocycles. The van der Waals surface area contributed by atoms with Gasteiger partial charge in [0.2, 0.25) is 0 Å². The molecule has 23 heavy (non-hydrogen) atoms. The summed E-state index contributed by atoms with van der Waals surface area (Å²) in [5.41, 5.74) is 1.03. The van der Waals surface area contributed by atoms with Crippen molar-refractivity contribution in [3.63, 3.8) is 0 Å². The molecule has 0 bridgehead atoms. The second kappa shape index (κ2) is 6.98. The Bertz CT molecular complexity index is 562. The first-order valence-corrected chi connectivity index (χ1v) is 8.46. The van der Waals surface area contributed by atoms with Gasteiger partial charge in [0.05, 0.1) is 11.9 Å². The SMILES string of the molecule is C[C@H](NC(=O)Nc1ccc(C(=O)N2CCCCC2)nc1)C1CC1. The van der Waals surface area contributed by atoms with Crippen molar-refractivity contribution in [2.45, 2.75) is 45.1 Å². The van der Waals surface area contributed by atoms with Gasteiger partial charge in [-0.1, -0.05) is 0 Å². The first kappa shape index (κ1) is 15.8. The van der Waals surface area contributed by atoms with Crippen molar-refractivity contribution >= 4 is 17.6 Å². The summed E-state index contributed by atoms with van der Waals surface area (Å²) in [4.78, 5) is 30.3.